The first-order valence-electron chi connectivity index (χ1n) is 6.92. The van der Waals surface area contributed by atoms with Gasteiger partial charge in [0.25, 0.3) is 0 Å². The molecule has 1 heterocycles. The van der Waals surface area contributed by atoms with Crippen LogP contribution in [0.3, 0.4) is 0 Å². The quantitative estimate of drug-likeness (QED) is 0.770. The minimum atomic E-state index is -3.49. The second-order valence-electron chi connectivity index (χ2n) is 4.67. The predicted octanol–water partition coefficient (Wildman–Crippen LogP) is 1.78. The summed E-state index contributed by atoms with van der Waals surface area (Å²) < 4.78 is 26.4. The normalized spacial score (nSPS) is 11.3. The number of thiophene rings is 1. The fourth-order valence-corrected chi connectivity index (χ4v) is 3.94. The highest BCUT2D eigenvalue weighted by Gasteiger charge is 2.14. The van der Waals surface area contributed by atoms with E-state index in [1.165, 1.54) is 6.07 Å². The highest BCUT2D eigenvalue weighted by molar-refractivity contribution is 7.91. The highest BCUT2D eigenvalue weighted by atomic mass is 32.2. The maximum absolute atomic E-state index is 11.8. The standard InChI is InChI=1S/C15H18N2O3S2/c18-14(16-10-8-13-5-2-1-3-6-13)9-11-17-22(19,20)15-7-4-12-21-15/h1-7,12,17H,8-11H2,(H,16,18). The van der Waals surface area contributed by atoms with Crippen molar-refractivity contribution in [2.75, 3.05) is 13.1 Å². The molecule has 2 N–H and O–H groups in total. The summed E-state index contributed by atoms with van der Waals surface area (Å²) in [6.07, 6.45) is 0.882. The zero-order valence-corrected chi connectivity index (χ0v) is 13.6. The van der Waals surface area contributed by atoms with E-state index < -0.39 is 10.0 Å². The number of nitrogens with one attached hydrogen (secondary N) is 2. The summed E-state index contributed by atoms with van der Waals surface area (Å²) in [5.41, 5.74) is 1.15. The van der Waals surface area contributed by atoms with Crippen molar-refractivity contribution in [3.8, 4) is 0 Å². The van der Waals surface area contributed by atoms with E-state index in [2.05, 4.69) is 10.0 Å². The van der Waals surface area contributed by atoms with Crippen molar-refractivity contribution in [1.29, 1.82) is 0 Å². The molecule has 2 rings (SSSR count). The zero-order valence-electron chi connectivity index (χ0n) is 12.0. The van der Waals surface area contributed by atoms with Crippen LogP contribution in [0.5, 0.6) is 0 Å². The Morgan fingerprint density at radius 3 is 2.50 bits per heavy atom. The molecule has 0 aliphatic rings. The van der Waals surface area contributed by atoms with E-state index in [0.717, 1.165) is 23.3 Å². The third-order valence-corrected chi connectivity index (χ3v) is 5.84. The van der Waals surface area contributed by atoms with E-state index in [1.807, 2.05) is 30.3 Å². The minimum Gasteiger partial charge on any atom is -0.356 e. The van der Waals surface area contributed by atoms with Crippen molar-refractivity contribution in [1.82, 2.24) is 10.0 Å². The maximum atomic E-state index is 11.8. The Kier molecular flexibility index (Phi) is 6.11. The number of sulfonamides is 1. The zero-order chi connectivity index (χ0) is 15.8. The lowest BCUT2D eigenvalue weighted by Crippen LogP contribution is -2.31. The van der Waals surface area contributed by atoms with Crippen molar-refractivity contribution < 1.29 is 13.2 Å². The molecule has 1 aromatic carbocycles. The van der Waals surface area contributed by atoms with E-state index in [4.69, 9.17) is 0 Å². The van der Waals surface area contributed by atoms with Gasteiger partial charge >= 0.3 is 0 Å². The van der Waals surface area contributed by atoms with Gasteiger partial charge < -0.3 is 5.32 Å². The topological polar surface area (TPSA) is 75.3 Å². The third-order valence-electron chi connectivity index (χ3n) is 2.98. The molecule has 0 fully saturated rings. The molecule has 0 atom stereocenters. The number of amides is 1. The molecule has 0 aliphatic carbocycles. The summed E-state index contributed by atoms with van der Waals surface area (Å²) in [5.74, 6) is -0.162. The van der Waals surface area contributed by atoms with E-state index in [0.29, 0.717) is 6.54 Å². The van der Waals surface area contributed by atoms with Crippen LogP contribution in [0.1, 0.15) is 12.0 Å². The van der Waals surface area contributed by atoms with E-state index >= 15 is 0 Å². The van der Waals surface area contributed by atoms with Crippen LogP contribution in [-0.4, -0.2) is 27.4 Å². The first kappa shape index (κ1) is 16.7. The second-order valence-corrected chi connectivity index (χ2v) is 7.61. The molecule has 0 saturated heterocycles. The van der Waals surface area contributed by atoms with Gasteiger partial charge in [0.2, 0.25) is 15.9 Å². The van der Waals surface area contributed by atoms with E-state index in [1.54, 1.807) is 11.4 Å². The van der Waals surface area contributed by atoms with Crippen molar-refractivity contribution in [3.05, 3.63) is 53.4 Å². The summed E-state index contributed by atoms with van der Waals surface area (Å²) in [6, 6.07) is 13.1. The van der Waals surface area contributed by atoms with Crippen molar-refractivity contribution >= 4 is 27.3 Å². The largest absolute Gasteiger partial charge is 0.356 e. The van der Waals surface area contributed by atoms with E-state index in [-0.39, 0.29) is 23.1 Å². The number of rotatable bonds is 8. The van der Waals surface area contributed by atoms with Crippen molar-refractivity contribution in [2.24, 2.45) is 0 Å². The van der Waals surface area contributed by atoms with Gasteiger partial charge in [-0.25, -0.2) is 13.1 Å². The predicted molar refractivity (Wildman–Crippen MR) is 87.3 cm³/mol. The Hall–Kier alpha value is -1.70. The van der Waals surface area contributed by atoms with Gasteiger partial charge in [-0.3, -0.25) is 4.79 Å². The Morgan fingerprint density at radius 1 is 1.05 bits per heavy atom. The van der Waals surface area contributed by atoms with Crippen molar-refractivity contribution in [2.45, 2.75) is 17.1 Å². The number of benzene rings is 1. The smallest absolute Gasteiger partial charge is 0.250 e. The molecule has 0 bridgehead atoms. The molecule has 2 aromatic rings. The lowest BCUT2D eigenvalue weighted by atomic mass is 10.1. The Morgan fingerprint density at radius 2 is 1.82 bits per heavy atom. The molecule has 7 heteroatoms. The third kappa shape index (κ3) is 5.25. The van der Waals surface area contributed by atoms with Crippen LogP contribution < -0.4 is 10.0 Å². The summed E-state index contributed by atoms with van der Waals surface area (Å²) >= 11 is 1.15. The Bertz CT molecular complexity index is 683. The molecule has 0 unspecified atom stereocenters. The van der Waals surface area contributed by atoms with Gasteiger partial charge in [0.1, 0.15) is 4.21 Å². The summed E-state index contributed by atoms with van der Waals surface area (Å²) in [6.45, 7) is 0.637. The molecular weight excluding hydrogens is 320 g/mol. The first-order valence-corrected chi connectivity index (χ1v) is 9.28. The van der Waals surface area contributed by atoms with Gasteiger partial charge in [-0.2, -0.15) is 0 Å². The molecule has 0 spiro atoms. The van der Waals surface area contributed by atoms with E-state index in [9.17, 15) is 13.2 Å². The molecule has 0 saturated carbocycles. The molecular formula is C15H18N2O3S2. The Labute approximate surface area is 134 Å². The summed E-state index contributed by atoms with van der Waals surface area (Å²) in [7, 11) is -3.49. The number of carbonyl (C=O) groups is 1. The fraction of sp³-hybridized carbons (Fsp3) is 0.267. The molecule has 5 nitrogen and oxygen atoms in total. The molecule has 0 radical (unpaired) electrons. The van der Waals surface area contributed by atoms with Crippen LogP contribution in [0.15, 0.2) is 52.1 Å². The van der Waals surface area contributed by atoms with Gasteiger partial charge in [-0.15, -0.1) is 11.3 Å². The van der Waals surface area contributed by atoms with Gasteiger partial charge in [0.15, 0.2) is 0 Å². The highest BCUT2D eigenvalue weighted by Crippen LogP contribution is 2.14. The summed E-state index contributed by atoms with van der Waals surface area (Å²) in [4.78, 5) is 11.7. The number of hydrogen-bond donors (Lipinski definition) is 2. The first-order chi connectivity index (χ1) is 10.6. The molecule has 22 heavy (non-hydrogen) atoms. The number of carbonyl (C=O) groups excluding carboxylic acids is 1. The van der Waals surface area contributed by atoms with Gasteiger partial charge in [0.05, 0.1) is 0 Å². The van der Waals surface area contributed by atoms with Gasteiger partial charge in [-0.1, -0.05) is 36.4 Å². The van der Waals surface area contributed by atoms with Gasteiger partial charge in [0, 0.05) is 19.5 Å². The monoisotopic (exact) mass is 338 g/mol. The number of hydrogen-bond acceptors (Lipinski definition) is 4. The van der Waals surface area contributed by atoms with Crippen LogP contribution in [0.4, 0.5) is 0 Å². The molecule has 118 valence electrons. The Balaban J connectivity index is 1.66. The van der Waals surface area contributed by atoms with Crippen LogP contribution in [-0.2, 0) is 21.2 Å². The van der Waals surface area contributed by atoms with Crippen LogP contribution in [0.2, 0.25) is 0 Å². The van der Waals surface area contributed by atoms with Gasteiger partial charge in [-0.05, 0) is 23.4 Å². The molecule has 1 amide bonds. The molecule has 0 aliphatic heterocycles. The lowest BCUT2D eigenvalue weighted by molar-refractivity contribution is -0.120. The lowest BCUT2D eigenvalue weighted by Gasteiger charge is -2.06. The SMILES string of the molecule is O=C(CCNS(=O)(=O)c1cccs1)NCCc1ccccc1. The minimum absolute atomic E-state index is 0.0946. The fourth-order valence-electron chi connectivity index (χ4n) is 1.87. The van der Waals surface area contributed by atoms with Crippen LogP contribution in [0, 0.1) is 0 Å². The summed E-state index contributed by atoms with van der Waals surface area (Å²) in [5, 5.41) is 4.48. The van der Waals surface area contributed by atoms with Crippen LogP contribution >= 0.6 is 11.3 Å². The second kappa shape index (κ2) is 8.07. The maximum Gasteiger partial charge on any atom is 0.250 e. The molecule has 1 aromatic heterocycles. The average molecular weight is 338 g/mol. The average Bonchev–Trinajstić information content (AvgIpc) is 3.03. The van der Waals surface area contributed by atoms with Crippen molar-refractivity contribution in [3.63, 3.8) is 0 Å². The van der Waals surface area contributed by atoms with Crippen LogP contribution in [0.25, 0.3) is 0 Å².